The van der Waals surface area contributed by atoms with Gasteiger partial charge in [0.15, 0.2) is 5.16 Å². The minimum absolute atomic E-state index is 0.0889. The third kappa shape index (κ3) is 5.40. The van der Waals surface area contributed by atoms with Gasteiger partial charge in [0, 0.05) is 18.7 Å². The molecule has 1 fully saturated rings. The lowest BCUT2D eigenvalue weighted by molar-refractivity contribution is -0.115. The van der Waals surface area contributed by atoms with Gasteiger partial charge < -0.3 is 14.8 Å². The molecule has 3 aromatic rings. The van der Waals surface area contributed by atoms with Crippen molar-refractivity contribution in [1.82, 2.24) is 19.3 Å². The molecule has 11 heteroatoms. The molecule has 3 heterocycles. The Morgan fingerprint density at radius 1 is 1.29 bits per heavy atom. The van der Waals surface area contributed by atoms with Gasteiger partial charge in [-0.1, -0.05) is 11.8 Å². The first kappa shape index (κ1) is 24.9. The summed E-state index contributed by atoms with van der Waals surface area (Å²) in [6.45, 7) is 6.72. The van der Waals surface area contributed by atoms with Gasteiger partial charge in [-0.2, -0.15) is 5.10 Å². The zero-order valence-corrected chi connectivity index (χ0v) is 21.0. The fourth-order valence-corrected chi connectivity index (χ4v) is 4.87. The van der Waals surface area contributed by atoms with Gasteiger partial charge in [0.05, 0.1) is 47.7 Å². The minimum Gasteiger partial charge on any atom is -0.465 e. The van der Waals surface area contributed by atoms with Gasteiger partial charge in [-0.05, 0) is 51.8 Å². The topological polar surface area (TPSA) is 117 Å². The summed E-state index contributed by atoms with van der Waals surface area (Å²) in [6.07, 6.45) is 3.33. The zero-order valence-electron chi connectivity index (χ0n) is 20.2. The van der Waals surface area contributed by atoms with E-state index in [0.717, 1.165) is 12.8 Å². The van der Waals surface area contributed by atoms with E-state index in [1.807, 2.05) is 13.8 Å². The van der Waals surface area contributed by atoms with E-state index in [9.17, 15) is 14.4 Å². The van der Waals surface area contributed by atoms with E-state index in [1.54, 1.807) is 40.6 Å². The van der Waals surface area contributed by atoms with Gasteiger partial charge >= 0.3 is 5.97 Å². The molecular weight excluding hydrogens is 470 g/mol. The summed E-state index contributed by atoms with van der Waals surface area (Å²) in [5.41, 5.74) is 0.428. The van der Waals surface area contributed by atoms with Gasteiger partial charge in [-0.3, -0.25) is 14.2 Å². The lowest BCUT2D eigenvalue weighted by Gasteiger charge is -2.19. The second-order valence-electron chi connectivity index (χ2n) is 8.67. The van der Waals surface area contributed by atoms with Crippen LogP contribution in [0.3, 0.4) is 0 Å². The number of hydrogen-bond donors (Lipinski definition) is 1. The molecule has 4 rings (SSSR count). The Hall–Kier alpha value is -3.18. The molecule has 35 heavy (non-hydrogen) atoms. The highest BCUT2D eigenvalue weighted by Gasteiger charge is 2.24. The van der Waals surface area contributed by atoms with Crippen LogP contribution in [0, 0.1) is 0 Å². The molecule has 1 aliphatic heterocycles. The van der Waals surface area contributed by atoms with Crippen molar-refractivity contribution in [2.24, 2.45) is 0 Å². The molecule has 0 aliphatic carbocycles. The van der Waals surface area contributed by atoms with Crippen molar-refractivity contribution < 1.29 is 19.1 Å². The number of nitrogens with one attached hydrogen (secondary N) is 1. The monoisotopic (exact) mass is 499 g/mol. The Morgan fingerprint density at radius 2 is 2.09 bits per heavy atom. The maximum absolute atomic E-state index is 13.4. The number of fused-ring (bicyclic) bond motifs is 1. The molecule has 10 nitrogen and oxygen atoms in total. The molecule has 0 unspecified atom stereocenters. The molecule has 0 radical (unpaired) electrons. The third-order valence-electron chi connectivity index (χ3n) is 5.81. The Morgan fingerprint density at radius 3 is 2.77 bits per heavy atom. The van der Waals surface area contributed by atoms with Crippen molar-refractivity contribution in [3.63, 3.8) is 0 Å². The van der Waals surface area contributed by atoms with E-state index in [0.29, 0.717) is 40.6 Å². The number of hydrogen-bond acceptors (Lipinski definition) is 8. The number of ether oxygens (including phenoxy) is 2. The predicted molar refractivity (Wildman–Crippen MR) is 133 cm³/mol. The first-order chi connectivity index (χ1) is 16.8. The average molecular weight is 500 g/mol. The molecule has 2 atom stereocenters. The molecule has 0 bridgehead atoms. The summed E-state index contributed by atoms with van der Waals surface area (Å²) in [6, 6.07) is 6.50. The lowest BCUT2D eigenvalue weighted by atomic mass is 10.1. The molecule has 1 amide bonds. The summed E-state index contributed by atoms with van der Waals surface area (Å²) >= 11 is 1.19. The van der Waals surface area contributed by atoms with Crippen molar-refractivity contribution in [1.29, 1.82) is 0 Å². The molecule has 0 spiro atoms. The second-order valence-corrected chi connectivity index (χ2v) is 9.98. The van der Waals surface area contributed by atoms with E-state index in [4.69, 9.17) is 9.47 Å². The number of carbonyl (C=O) groups excluding carboxylic acids is 2. The quantitative estimate of drug-likeness (QED) is 0.285. The van der Waals surface area contributed by atoms with Crippen LogP contribution in [0.15, 0.2) is 40.4 Å². The van der Waals surface area contributed by atoms with E-state index in [-0.39, 0.29) is 23.6 Å². The second kappa shape index (κ2) is 10.6. The van der Waals surface area contributed by atoms with Crippen molar-refractivity contribution >= 4 is 40.4 Å². The standard InChI is InChI=1S/C24H29N5O5S/c1-14(2)29-20(9-10-25-29)27-21(30)15(3)35-24-26-19-12-16(23(32)33-4)7-8-18(19)22(31)28(24)13-17-6-5-11-34-17/h7-10,12,14-15,17H,5-6,11,13H2,1-4H3,(H,27,30)/t15-,17-/m0/s1. The molecule has 1 aromatic carbocycles. The van der Waals surface area contributed by atoms with E-state index >= 15 is 0 Å². The normalized spacial score (nSPS) is 16.5. The van der Waals surface area contributed by atoms with Crippen molar-refractivity contribution in [2.45, 2.75) is 62.7 Å². The van der Waals surface area contributed by atoms with Crippen LogP contribution in [-0.4, -0.2) is 56.3 Å². The number of aromatic nitrogens is 4. The van der Waals surface area contributed by atoms with Crippen LogP contribution < -0.4 is 10.9 Å². The maximum atomic E-state index is 13.4. The average Bonchev–Trinajstić information content (AvgIpc) is 3.52. The Balaban J connectivity index is 1.67. The maximum Gasteiger partial charge on any atom is 0.337 e. The number of nitrogens with zero attached hydrogens (tertiary/aromatic N) is 4. The van der Waals surface area contributed by atoms with E-state index < -0.39 is 11.2 Å². The summed E-state index contributed by atoms with van der Waals surface area (Å²) in [5.74, 6) is -0.150. The van der Waals surface area contributed by atoms with Crippen LogP contribution in [-0.2, 0) is 20.8 Å². The minimum atomic E-state index is -0.561. The summed E-state index contributed by atoms with van der Waals surface area (Å²) in [4.78, 5) is 43.1. The van der Waals surface area contributed by atoms with E-state index in [2.05, 4.69) is 15.4 Å². The SMILES string of the molecule is COC(=O)c1ccc2c(=O)n(C[C@@H]3CCCO3)c(S[C@@H](C)C(=O)Nc3ccnn3C(C)C)nc2c1. The molecule has 0 saturated carbocycles. The summed E-state index contributed by atoms with van der Waals surface area (Å²) < 4.78 is 13.9. The van der Waals surface area contributed by atoms with Gasteiger partial charge in [-0.25, -0.2) is 14.5 Å². The van der Waals surface area contributed by atoms with Crippen LogP contribution in [0.2, 0.25) is 0 Å². The molecule has 186 valence electrons. The van der Waals surface area contributed by atoms with Crippen LogP contribution in [0.4, 0.5) is 5.82 Å². The predicted octanol–water partition coefficient (Wildman–Crippen LogP) is 3.26. The van der Waals surface area contributed by atoms with Crippen LogP contribution in [0.25, 0.3) is 10.9 Å². The number of rotatable bonds is 8. The highest BCUT2D eigenvalue weighted by atomic mass is 32.2. The van der Waals surface area contributed by atoms with Crippen LogP contribution in [0.5, 0.6) is 0 Å². The molecular formula is C24H29N5O5S. The lowest BCUT2D eigenvalue weighted by Crippen LogP contribution is -2.30. The Bertz CT molecular complexity index is 1300. The summed E-state index contributed by atoms with van der Waals surface area (Å²) in [7, 11) is 1.30. The van der Waals surface area contributed by atoms with Gasteiger partial charge in [-0.15, -0.1) is 0 Å². The number of carbonyl (C=O) groups is 2. The first-order valence-electron chi connectivity index (χ1n) is 11.5. The van der Waals surface area contributed by atoms with Gasteiger partial charge in [0.25, 0.3) is 5.56 Å². The molecule has 1 aliphatic rings. The largest absolute Gasteiger partial charge is 0.465 e. The van der Waals surface area contributed by atoms with Crippen molar-refractivity contribution in [2.75, 3.05) is 19.0 Å². The zero-order chi connectivity index (χ0) is 25.1. The highest BCUT2D eigenvalue weighted by molar-refractivity contribution is 8.00. The van der Waals surface area contributed by atoms with Gasteiger partial charge in [0.2, 0.25) is 5.91 Å². The van der Waals surface area contributed by atoms with Crippen molar-refractivity contribution in [3.05, 3.63) is 46.4 Å². The summed E-state index contributed by atoms with van der Waals surface area (Å²) in [5, 5.41) is 7.37. The molecule has 1 N–H and O–H groups in total. The number of amides is 1. The smallest absolute Gasteiger partial charge is 0.337 e. The molecule has 1 saturated heterocycles. The van der Waals surface area contributed by atoms with Crippen LogP contribution >= 0.6 is 11.8 Å². The third-order valence-corrected chi connectivity index (χ3v) is 6.90. The van der Waals surface area contributed by atoms with Crippen molar-refractivity contribution in [3.8, 4) is 0 Å². The molecule has 2 aromatic heterocycles. The van der Waals surface area contributed by atoms with Crippen LogP contribution in [0.1, 0.15) is 50.0 Å². The Labute approximate surface area is 207 Å². The fourth-order valence-electron chi connectivity index (χ4n) is 3.95. The number of methoxy groups -OCH3 is 1. The number of thioether (sulfide) groups is 1. The fraction of sp³-hybridized carbons (Fsp3) is 0.458. The Kier molecular flexibility index (Phi) is 7.56. The first-order valence-corrected chi connectivity index (χ1v) is 12.4. The van der Waals surface area contributed by atoms with Gasteiger partial charge in [0.1, 0.15) is 5.82 Å². The highest BCUT2D eigenvalue weighted by Crippen LogP contribution is 2.26. The number of esters is 1. The number of benzene rings is 1. The number of anilines is 1. The van der Waals surface area contributed by atoms with E-state index in [1.165, 1.54) is 24.9 Å².